The van der Waals surface area contributed by atoms with Gasteiger partial charge in [-0.3, -0.25) is 4.79 Å². The van der Waals surface area contributed by atoms with Crippen LogP contribution in [0.15, 0.2) is 30.3 Å². The van der Waals surface area contributed by atoms with E-state index in [9.17, 15) is 9.59 Å². The quantitative estimate of drug-likeness (QED) is 0.477. The summed E-state index contributed by atoms with van der Waals surface area (Å²) < 4.78 is 4.79. The summed E-state index contributed by atoms with van der Waals surface area (Å²) in [5.41, 5.74) is 7.07. The Morgan fingerprint density at radius 1 is 1.37 bits per heavy atom. The number of nitrogens with one attached hydrogen (secondary N) is 1. The molecule has 5 heteroatoms. The van der Waals surface area contributed by atoms with Crippen molar-refractivity contribution in [2.75, 3.05) is 12.3 Å². The number of anilines is 1. The Morgan fingerprint density at radius 2 is 2.00 bits per heavy atom. The van der Waals surface area contributed by atoms with Gasteiger partial charge < -0.3 is 15.8 Å². The predicted molar refractivity (Wildman–Crippen MR) is 74.1 cm³/mol. The van der Waals surface area contributed by atoms with Crippen LogP contribution in [0.2, 0.25) is 0 Å². The molecule has 0 spiro atoms. The van der Waals surface area contributed by atoms with E-state index in [4.69, 9.17) is 10.5 Å². The third-order valence-electron chi connectivity index (χ3n) is 2.36. The first-order valence-electron chi connectivity index (χ1n) is 6.03. The molecule has 1 aromatic rings. The van der Waals surface area contributed by atoms with Gasteiger partial charge in [-0.15, -0.1) is 0 Å². The van der Waals surface area contributed by atoms with Gasteiger partial charge in [-0.05, 0) is 37.6 Å². The van der Waals surface area contributed by atoms with Crippen molar-refractivity contribution in [2.45, 2.75) is 19.9 Å². The first-order valence-corrected chi connectivity index (χ1v) is 6.03. The lowest BCUT2D eigenvalue weighted by Crippen LogP contribution is -2.38. The summed E-state index contributed by atoms with van der Waals surface area (Å²) in [6.45, 7) is 3.58. The standard InChI is InChI=1S/C14H18N2O3/c1-3-19-14(18)10(2)16-13(17)9-6-11-4-7-12(15)8-5-11/h4-10H,3,15H2,1-2H3,(H,16,17)/b9-6+. The number of esters is 1. The van der Waals surface area contributed by atoms with Crippen molar-refractivity contribution in [3.8, 4) is 0 Å². The molecule has 1 amide bonds. The molecular formula is C14H18N2O3. The van der Waals surface area contributed by atoms with Crippen LogP contribution in [-0.2, 0) is 14.3 Å². The molecule has 1 rings (SSSR count). The molecule has 0 aliphatic heterocycles. The molecule has 0 aromatic heterocycles. The predicted octanol–water partition coefficient (Wildman–Crippen LogP) is 1.35. The van der Waals surface area contributed by atoms with Crippen LogP contribution in [0.25, 0.3) is 6.08 Å². The van der Waals surface area contributed by atoms with Crippen molar-refractivity contribution in [2.24, 2.45) is 0 Å². The second-order valence-corrected chi connectivity index (χ2v) is 3.98. The Hall–Kier alpha value is -2.30. The summed E-state index contributed by atoms with van der Waals surface area (Å²) >= 11 is 0. The van der Waals surface area contributed by atoms with Crippen molar-refractivity contribution in [1.82, 2.24) is 5.32 Å². The van der Waals surface area contributed by atoms with Gasteiger partial charge in [0.05, 0.1) is 6.61 Å². The molecule has 0 aliphatic rings. The Labute approximate surface area is 112 Å². The third-order valence-corrected chi connectivity index (χ3v) is 2.36. The largest absolute Gasteiger partial charge is 0.464 e. The number of amides is 1. The van der Waals surface area contributed by atoms with Crippen molar-refractivity contribution < 1.29 is 14.3 Å². The average Bonchev–Trinajstić information content (AvgIpc) is 2.38. The van der Waals surface area contributed by atoms with Gasteiger partial charge >= 0.3 is 5.97 Å². The second kappa shape index (κ2) is 7.20. The van der Waals surface area contributed by atoms with Crippen LogP contribution in [0, 0.1) is 0 Å². The molecule has 3 N–H and O–H groups in total. The van der Waals surface area contributed by atoms with Crippen LogP contribution >= 0.6 is 0 Å². The molecule has 102 valence electrons. The number of nitrogen functional groups attached to an aromatic ring is 1. The summed E-state index contributed by atoms with van der Waals surface area (Å²) in [4.78, 5) is 22.9. The Morgan fingerprint density at radius 3 is 2.58 bits per heavy atom. The number of carbonyl (C=O) groups is 2. The van der Waals surface area contributed by atoms with E-state index < -0.39 is 12.0 Å². The monoisotopic (exact) mass is 262 g/mol. The number of carbonyl (C=O) groups excluding carboxylic acids is 2. The van der Waals surface area contributed by atoms with Gasteiger partial charge in [-0.2, -0.15) is 0 Å². The minimum absolute atomic E-state index is 0.292. The van der Waals surface area contributed by atoms with Gasteiger partial charge in [0.15, 0.2) is 0 Å². The SMILES string of the molecule is CCOC(=O)C(C)NC(=O)/C=C/c1ccc(N)cc1. The van der Waals surface area contributed by atoms with E-state index >= 15 is 0 Å². The maximum Gasteiger partial charge on any atom is 0.328 e. The zero-order valence-corrected chi connectivity index (χ0v) is 11.1. The van der Waals surface area contributed by atoms with Gasteiger partial charge in [0, 0.05) is 11.8 Å². The molecule has 1 unspecified atom stereocenters. The first-order chi connectivity index (χ1) is 9.02. The highest BCUT2D eigenvalue weighted by molar-refractivity contribution is 5.94. The van der Waals surface area contributed by atoms with Gasteiger partial charge in [0.1, 0.15) is 6.04 Å². The molecule has 19 heavy (non-hydrogen) atoms. The van der Waals surface area contributed by atoms with Crippen molar-refractivity contribution in [3.05, 3.63) is 35.9 Å². The van der Waals surface area contributed by atoms with E-state index in [1.165, 1.54) is 6.08 Å². The number of benzene rings is 1. The molecule has 0 aliphatic carbocycles. The first kappa shape index (κ1) is 14.8. The molecule has 5 nitrogen and oxygen atoms in total. The molecule has 1 atom stereocenters. The van der Waals surface area contributed by atoms with Crippen LogP contribution < -0.4 is 11.1 Å². The fourth-order valence-corrected chi connectivity index (χ4v) is 1.37. The number of rotatable bonds is 5. The second-order valence-electron chi connectivity index (χ2n) is 3.98. The minimum atomic E-state index is -0.663. The van der Waals surface area contributed by atoms with Crippen LogP contribution in [0.1, 0.15) is 19.4 Å². The Kier molecular flexibility index (Phi) is 5.60. The van der Waals surface area contributed by atoms with Crippen LogP contribution in [-0.4, -0.2) is 24.5 Å². The van der Waals surface area contributed by atoms with E-state index in [1.54, 1.807) is 44.2 Å². The van der Waals surface area contributed by atoms with Gasteiger partial charge in [-0.1, -0.05) is 12.1 Å². The van der Waals surface area contributed by atoms with Gasteiger partial charge in [0.25, 0.3) is 0 Å². The van der Waals surface area contributed by atoms with Crippen molar-refractivity contribution >= 4 is 23.6 Å². The van der Waals surface area contributed by atoms with Gasteiger partial charge in [0.2, 0.25) is 5.91 Å². The molecule has 0 fully saturated rings. The Bertz CT molecular complexity index is 466. The van der Waals surface area contributed by atoms with E-state index in [0.29, 0.717) is 12.3 Å². The highest BCUT2D eigenvalue weighted by Crippen LogP contribution is 2.06. The number of hydrogen-bond acceptors (Lipinski definition) is 4. The number of ether oxygens (including phenoxy) is 1. The molecule has 0 saturated heterocycles. The highest BCUT2D eigenvalue weighted by atomic mass is 16.5. The van der Waals surface area contributed by atoms with Crippen LogP contribution in [0.3, 0.4) is 0 Å². The highest BCUT2D eigenvalue weighted by Gasteiger charge is 2.14. The maximum absolute atomic E-state index is 11.6. The topological polar surface area (TPSA) is 81.4 Å². The maximum atomic E-state index is 11.6. The van der Waals surface area contributed by atoms with Crippen molar-refractivity contribution in [3.63, 3.8) is 0 Å². The summed E-state index contributed by atoms with van der Waals surface area (Å²) in [5.74, 6) is -0.797. The normalized spacial score (nSPS) is 12.1. The van der Waals surface area contributed by atoms with Gasteiger partial charge in [-0.25, -0.2) is 4.79 Å². The number of hydrogen-bond donors (Lipinski definition) is 2. The zero-order chi connectivity index (χ0) is 14.3. The van der Waals surface area contributed by atoms with E-state index in [0.717, 1.165) is 5.56 Å². The Balaban J connectivity index is 2.51. The van der Waals surface area contributed by atoms with E-state index in [-0.39, 0.29) is 5.91 Å². The lowest BCUT2D eigenvalue weighted by molar-refractivity contribution is -0.146. The van der Waals surface area contributed by atoms with Crippen LogP contribution in [0.5, 0.6) is 0 Å². The van der Waals surface area contributed by atoms with Crippen LogP contribution in [0.4, 0.5) is 5.69 Å². The summed E-state index contributed by atoms with van der Waals surface area (Å²) in [6, 6.07) is 6.43. The molecule has 0 heterocycles. The fraction of sp³-hybridized carbons (Fsp3) is 0.286. The number of nitrogens with two attached hydrogens (primary N) is 1. The molecule has 1 aromatic carbocycles. The molecule has 0 radical (unpaired) electrons. The van der Waals surface area contributed by atoms with E-state index in [2.05, 4.69) is 5.32 Å². The zero-order valence-electron chi connectivity index (χ0n) is 11.1. The summed E-state index contributed by atoms with van der Waals surface area (Å²) in [5, 5.41) is 2.52. The summed E-state index contributed by atoms with van der Waals surface area (Å²) in [7, 11) is 0. The molecule has 0 bridgehead atoms. The lowest BCUT2D eigenvalue weighted by Gasteiger charge is -2.10. The molecular weight excluding hydrogens is 244 g/mol. The summed E-state index contributed by atoms with van der Waals surface area (Å²) in [6.07, 6.45) is 3.01. The van der Waals surface area contributed by atoms with E-state index in [1.807, 2.05) is 0 Å². The smallest absolute Gasteiger partial charge is 0.328 e. The minimum Gasteiger partial charge on any atom is -0.464 e. The lowest BCUT2D eigenvalue weighted by atomic mass is 10.2. The average molecular weight is 262 g/mol. The van der Waals surface area contributed by atoms with Crippen molar-refractivity contribution in [1.29, 1.82) is 0 Å². The third kappa shape index (κ3) is 5.25. The molecule has 0 saturated carbocycles. The fourth-order valence-electron chi connectivity index (χ4n) is 1.37.